The van der Waals surface area contributed by atoms with Crippen LogP contribution in [0.4, 0.5) is 5.69 Å². The summed E-state index contributed by atoms with van der Waals surface area (Å²) in [7, 11) is -3.57. The van der Waals surface area contributed by atoms with Crippen molar-refractivity contribution in [3.63, 3.8) is 0 Å². The lowest BCUT2D eigenvalue weighted by Gasteiger charge is -2.07. The molecule has 0 unspecified atom stereocenters. The van der Waals surface area contributed by atoms with E-state index in [1.807, 2.05) is 0 Å². The fraction of sp³-hybridized carbons (Fsp3) is 0.0833. The SMILES string of the molecule is Nc1ccc(Cl)cc1S(=O)(=O)Cc1ccc(Br)cn1. The number of anilines is 1. The summed E-state index contributed by atoms with van der Waals surface area (Å²) in [6.45, 7) is 0. The van der Waals surface area contributed by atoms with Crippen LogP contribution < -0.4 is 5.73 Å². The second-order valence-corrected chi connectivity index (χ2v) is 7.22. The van der Waals surface area contributed by atoms with E-state index in [1.54, 1.807) is 24.4 Å². The number of nitrogens with two attached hydrogens (primary N) is 1. The topological polar surface area (TPSA) is 73.1 Å². The number of halogens is 2. The maximum Gasteiger partial charge on any atom is 0.186 e. The van der Waals surface area contributed by atoms with E-state index in [4.69, 9.17) is 17.3 Å². The van der Waals surface area contributed by atoms with Gasteiger partial charge in [0.1, 0.15) is 0 Å². The van der Waals surface area contributed by atoms with Crippen molar-refractivity contribution in [1.82, 2.24) is 4.98 Å². The molecule has 2 N–H and O–H groups in total. The first kappa shape index (κ1) is 14.3. The largest absolute Gasteiger partial charge is 0.398 e. The Bertz CT molecular complexity index is 702. The van der Waals surface area contributed by atoms with E-state index in [0.717, 1.165) is 4.47 Å². The predicted molar refractivity (Wildman–Crippen MR) is 78.7 cm³/mol. The number of rotatable bonds is 3. The molecule has 0 fully saturated rings. The highest BCUT2D eigenvalue weighted by molar-refractivity contribution is 9.10. The van der Waals surface area contributed by atoms with Crippen LogP contribution in [0.5, 0.6) is 0 Å². The second kappa shape index (κ2) is 5.48. The highest BCUT2D eigenvalue weighted by Gasteiger charge is 2.19. The van der Waals surface area contributed by atoms with Crippen molar-refractivity contribution < 1.29 is 8.42 Å². The molecule has 0 amide bonds. The molecule has 1 aromatic heterocycles. The summed E-state index contributed by atoms with van der Waals surface area (Å²) < 4.78 is 25.3. The van der Waals surface area contributed by atoms with Crippen LogP contribution in [0.15, 0.2) is 45.9 Å². The molecule has 0 bridgehead atoms. The van der Waals surface area contributed by atoms with Gasteiger partial charge in [-0.3, -0.25) is 4.98 Å². The van der Waals surface area contributed by atoms with E-state index in [9.17, 15) is 8.42 Å². The molecule has 0 aliphatic rings. The molecule has 0 atom stereocenters. The first-order valence-corrected chi connectivity index (χ1v) is 8.09. The Hall–Kier alpha value is -1.11. The lowest BCUT2D eigenvalue weighted by Crippen LogP contribution is -2.09. The third-order valence-electron chi connectivity index (χ3n) is 2.44. The highest BCUT2D eigenvalue weighted by Crippen LogP contribution is 2.25. The Morgan fingerprint density at radius 2 is 2.00 bits per heavy atom. The number of nitrogen functional groups attached to an aromatic ring is 1. The van der Waals surface area contributed by atoms with Crippen molar-refractivity contribution in [1.29, 1.82) is 0 Å². The van der Waals surface area contributed by atoms with Crippen molar-refractivity contribution in [2.75, 3.05) is 5.73 Å². The molecule has 7 heteroatoms. The van der Waals surface area contributed by atoms with E-state index >= 15 is 0 Å². The average molecular weight is 362 g/mol. The van der Waals surface area contributed by atoms with Gasteiger partial charge in [-0.25, -0.2) is 8.42 Å². The van der Waals surface area contributed by atoms with Crippen LogP contribution >= 0.6 is 27.5 Å². The van der Waals surface area contributed by atoms with Crippen LogP contribution in [-0.4, -0.2) is 13.4 Å². The van der Waals surface area contributed by atoms with Crippen molar-refractivity contribution in [3.05, 3.63) is 51.7 Å². The molecule has 4 nitrogen and oxygen atoms in total. The van der Waals surface area contributed by atoms with Gasteiger partial charge in [0, 0.05) is 15.7 Å². The summed E-state index contributed by atoms with van der Waals surface area (Å²) in [4.78, 5) is 4.07. The fourth-order valence-corrected chi connectivity index (χ4v) is 3.46. The lowest BCUT2D eigenvalue weighted by atomic mass is 10.3. The summed E-state index contributed by atoms with van der Waals surface area (Å²) in [6, 6.07) is 7.75. The zero-order valence-corrected chi connectivity index (χ0v) is 12.8. The van der Waals surface area contributed by atoms with Crippen molar-refractivity contribution >= 4 is 43.1 Å². The number of pyridine rings is 1. The van der Waals surface area contributed by atoms with Crippen LogP contribution in [0, 0.1) is 0 Å². The van der Waals surface area contributed by atoms with Crippen LogP contribution in [0.2, 0.25) is 5.02 Å². The molecule has 2 rings (SSSR count). The molecule has 0 spiro atoms. The number of nitrogens with zero attached hydrogens (tertiary/aromatic N) is 1. The first-order chi connectivity index (χ1) is 8.88. The van der Waals surface area contributed by atoms with Crippen molar-refractivity contribution in [2.45, 2.75) is 10.6 Å². The molecule has 19 heavy (non-hydrogen) atoms. The van der Waals surface area contributed by atoms with Gasteiger partial charge >= 0.3 is 0 Å². The molecule has 1 aromatic carbocycles. The third-order valence-corrected chi connectivity index (χ3v) is 4.84. The summed E-state index contributed by atoms with van der Waals surface area (Å²) >= 11 is 9.05. The Labute approximate surface area is 124 Å². The first-order valence-electron chi connectivity index (χ1n) is 5.27. The quantitative estimate of drug-likeness (QED) is 0.853. The van der Waals surface area contributed by atoms with Gasteiger partial charge in [0.25, 0.3) is 0 Å². The zero-order valence-electron chi connectivity index (χ0n) is 9.68. The van der Waals surface area contributed by atoms with E-state index in [1.165, 1.54) is 12.1 Å². The monoisotopic (exact) mass is 360 g/mol. The predicted octanol–water partition coefficient (Wildman–Crippen LogP) is 3.05. The minimum atomic E-state index is -3.57. The molecule has 0 saturated carbocycles. The Kier molecular flexibility index (Phi) is 4.13. The molecule has 0 aliphatic heterocycles. The average Bonchev–Trinajstić information content (AvgIpc) is 2.35. The maximum absolute atomic E-state index is 12.3. The number of sulfone groups is 1. The molecule has 1 heterocycles. The zero-order chi connectivity index (χ0) is 14.0. The van der Waals surface area contributed by atoms with E-state index in [2.05, 4.69) is 20.9 Å². The fourth-order valence-electron chi connectivity index (χ4n) is 1.54. The highest BCUT2D eigenvalue weighted by atomic mass is 79.9. The normalized spacial score (nSPS) is 11.5. The van der Waals surface area contributed by atoms with Gasteiger partial charge in [-0.15, -0.1) is 0 Å². The van der Waals surface area contributed by atoms with Crippen LogP contribution in [0.3, 0.4) is 0 Å². The summed E-state index contributed by atoms with van der Waals surface area (Å²) in [5, 5.41) is 0.330. The summed E-state index contributed by atoms with van der Waals surface area (Å²) in [5.41, 5.74) is 6.32. The number of benzene rings is 1. The van der Waals surface area contributed by atoms with Crippen LogP contribution in [0.25, 0.3) is 0 Å². The Morgan fingerprint density at radius 3 is 2.63 bits per heavy atom. The third kappa shape index (κ3) is 3.46. The molecule has 0 radical (unpaired) electrons. The standard InChI is InChI=1S/C12H10BrClN2O2S/c13-8-1-3-10(16-6-8)7-19(17,18)12-5-9(14)2-4-11(12)15/h1-6H,7,15H2. The molecule has 2 aromatic rings. The second-order valence-electron chi connectivity index (χ2n) is 3.91. The number of aromatic nitrogens is 1. The molecule has 0 aliphatic carbocycles. The van der Waals surface area contributed by atoms with E-state index in [0.29, 0.717) is 10.7 Å². The van der Waals surface area contributed by atoms with Gasteiger partial charge in [0.2, 0.25) is 0 Å². The Morgan fingerprint density at radius 1 is 1.26 bits per heavy atom. The summed E-state index contributed by atoms with van der Waals surface area (Å²) in [6.07, 6.45) is 1.55. The molecular formula is C12H10BrClN2O2S. The minimum absolute atomic E-state index is 0.0321. The van der Waals surface area contributed by atoms with Crippen molar-refractivity contribution in [3.8, 4) is 0 Å². The van der Waals surface area contributed by atoms with E-state index in [-0.39, 0.29) is 16.3 Å². The van der Waals surface area contributed by atoms with Crippen LogP contribution in [0.1, 0.15) is 5.69 Å². The van der Waals surface area contributed by atoms with Crippen LogP contribution in [-0.2, 0) is 15.6 Å². The number of hydrogen-bond acceptors (Lipinski definition) is 4. The minimum Gasteiger partial charge on any atom is -0.398 e. The molecule has 100 valence electrons. The number of hydrogen-bond donors (Lipinski definition) is 1. The van der Waals surface area contributed by atoms with Gasteiger partial charge < -0.3 is 5.73 Å². The van der Waals surface area contributed by atoms with E-state index < -0.39 is 9.84 Å². The maximum atomic E-state index is 12.3. The Balaban J connectivity index is 2.37. The molecular weight excluding hydrogens is 352 g/mol. The van der Waals surface area contributed by atoms with Gasteiger partial charge in [0.05, 0.1) is 22.0 Å². The molecule has 0 saturated heterocycles. The van der Waals surface area contributed by atoms with Gasteiger partial charge in [0.15, 0.2) is 9.84 Å². The summed E-state index contributed by atoms with van der Waals surface area (Å²) in [5.74, 6) is -0.217. The lowest BCUT2D eigenvalue weighted by molar-refractivity contribution is 0.595. The van der Waals surface area contributed by atoms with Gasteiger partial charge in [-0.05, 0) is 46.3 Å². The van der Waals surface area contributed by atoms with Gasteiger partial charge in [-0.2, -0.15) is 0 Å². The van der Waals surface area contributed by atoms with Crippen molar-refractivity contribution in [2.24, 2.45) is 0 Å². The smallest absolute Gasteiger partial charge is 0.186 e. The van der Waals surface area contributed by atoms with Gasteiger partial charge in [-0.1, -0.05) is 11.6 Å².